The molecule has 1 aliphatic rings. The van der Waals surface area contributed by atoms with Gasteiger partial charge in [0.2, 0.25) is 11.2 Å². The number of anilines is 1. The fraction of sp³-hybridized carbons (Fsp3) is 0.727. The molecule has 6 nitrogen and oxygen atoms in total. The van der Waals surface area contributed by atoms with E-state index in [1.165, 1.54) is 0 Å². The summed E-state index contributed by atoms with van der Waals surface area (Å²) in [6, 6.07) is 0.644. The van der Waals surface area contributed by atoms with Gasteiger partial charge < -0.3 is 14.7 Å². The lowest BCUT2D eigenvalue weighted by Crippen LogP contribution is -2.31. The van der Waals surface area contributed by atoms with Gasteiger partial charge in [0.25, 0.3) is 0 Å². The summed E-state index contributed by atoms with van der Waals surface area (Å²) in [5, 5.41) is 9.20. The van der Waals surface area contributed by atoms with Gasteiger partial charge in [0.1, 0.15) is 0 Å². The first-order valence-electron chi connectivity index (χ1n) is 6.16. The molecule has 0 amide bonds. The zero-order chi connectivity index (χ0) is 13.0. The van der Waals surface area contributed by atoms with E-state index in [2.05, 4.69) is 15.0 Å². The number of nitrogens with zero attached hydrogens (tertiary/aromatic N) is 4. The second kappa shape index (κ2) is 6.15. The van der Waals surface area contributed by atoms with Crippen molar-refractivity contribution in [2.24, 2.45) is 0 Å². The second-order valence-corrected chi connectivity index (χ2v) is 4.52. The largest absolute Gasteiger partial charge is 0.463 e. The van der Waals surface area contributed by atoms with E-state index in [1.807, 2.05) is 11.8 Å². The van der Waals surface area contributed by atoms with Gasteiger partial charge in [0.15, 0.2) is 0 Å². The Bertz CT molecular complexity index is 401. The zero-order valence-corrected chi connectivity index (χ0v) is 11.1. The van der Waals surface area contributed by atoms with Gasteiger partial charge in [-0.05, 0) is 30.9 Å². The second-order valence-electron chi connectivity index (χ2n) is 4.18. The molecule has 0 aliphatic heterocycles. The SMILES string of the molecule is CCCOc1nc(Cl)nc(N(CCO)C2CC2)n1. The maximum atomic E-state index is 9.08. The Labute approximate surface area is 111 Å². The van der Waals surface area contributed by atoms with Crippen LogP contribution in [0.3, 0.4) is 0 Å². The molecule has 18 heavy (non-hydrogen) atoms. The van der Waals surface area contributed by atoms with Crippen molar-refractivity contribution in [2.75, 3.05) is 24.7 Å². The van der Waals surface area contributed by atoms with E-state index >= 15 is 0 Å². The van der Waals surface area contributed by atoms with Crippen molar-refractivity contribution in [3.8, 4) is 6.01 Å². The van der Waals surface area contributed by atoms with Gasteiger partial charge in [-0.3, -0.25) is 0 Å². The van der Waals surface area contributed by atoms with Gasteiger partial charge in [-0.15, -0.1) is 0 Å². The molecule has 0 unspecified atom stereocenters. The number of aliphatic hydroxyl groups excluding tert-OH is 1. The Morgan fingerprint density at radius 3 is 2.78 bits per heavy atom. The van der Waals surface area contributed by atoms with Gasteiger partial charge in [-0.2, -0.15) is 15.0 Å². The van der Waals surface area contributed by atoms with Crippen molar-refractivity contribution in [3.05, 3.63) is 5.28 Å². The summed E-state index contributed by atoms with van der Waals surface area (Å²) < 4.78 is 5.37. The molecule has 2 rings (SSSR count). The number of ether oxygens (including phenoxy) is 1. The molecule has 1 aromatic rings. The fourth-order valence-electron chi connectivity index (χ4n) is 1.65. The molecule has 1 heterocycles. The van der Waals surface area contributed by atoms with E-state index < -0.39 is 0 Å². The Kier molecular flexibility index (Phi) is 4.54. The monoisotopic (exact) mass is 272 g/mol. The smallest absolute Gasteiger partial charge is 0.322 e. The fourth-order valence-corrected chi connectivity index (χ4v) is 1.80. The van der Waals surface area contributed by atoms with Gasteiger partial charge in [0, 0.05) is 12.6 Å². The summed E-state index contributed by atoms with van der Waals surface area (Å²) >= 11 is 5.87. The van der Waals surface area contributed by atoms with E-state index in [-0.39, 0.29) is 17.9 Å². The summed E-state index contributed by atoms with van der Waals surface area (Å²) in [6.07, 6.45) is 3.06. The van der Waals surface area contributed by atoms with E-state index in [9.17, 15) is 0 Å². The Morgan fingerprint density at radius 2 is 2.17 bits per heavy atom. The molecule has 0 bridgehead atoms. The van der Waals surface area contributed by atoms with Crippen molar-refractivity contribution in [1.82, 2.24) is 15.0 Å². The average Bonchev–Trinajstić information content (AvgIpc) is 3.17. The minimum absolute atomic E-state index is 0.0605. The highest BCUT2D eigenvalue weighted by atomic mass is 35.5. The van der Waals surface area contributed by atoms with Crippen LogP contribution in [-0.4, -0.2) is 45.9 Å². The van der Waals surface area contributed by atoms with E-state index in [0.717, 1.165) is 19.3 Å². The van der Waals surface area contributed by atoms with Crippen molar-refractivity contribution >= 4 is 17.5 Å². The number of hydrogen-bond acceptors (Lipinski definition) is 6. The Hall–Kier alpha value is -1.14. The van der Waals surface area contributed by atoms with Gasteiger partial charge >= 0.3 is 6.01 Å². The lowest BCUT2D eigenvalue weighted by molar-refractivity contribution is 0.288. The lowest BCUT2D eigenvalue weighted by Gasteiger charge is -2.21. The number of aliphatic hydroxyl groups is 1. The van der Waals surface area contributed by atoms with Gasteiger partial charge in [-0.1, -0.05) is 6.92 Å². The van der Waals surface area contributed by atoms with Crippen LogP contribution >= 0.6 is 11.6 Å². The highest BCUT2D eigenvalue weighted by Crippen LogP contribution is 2.30. The molecular weight excluding hydrogens is 256 g/mol. The maximum Gasteiger partial charge on any atom is 0.322 e. The summed E-state index contributed by atoms with van der Waals surface area (Å²) in [5.74, 6) is 0.484. The van der Waals surface area contributed by atoms with Crippen LogP contribution in [0, 0.1) is 0 Å². The Balaban J connectivity index is 2.16. The standard InChI is InChI=1S/C11H17ClN4O2/c1-2-7-18-11-14-9(12)13-10(15-11)16(5-6-17)8-3-4-8/h8,17H,2-7H2,1H3. The van der Waals surface area contributed by atoms with Crippen molar-refractivity contribution in [2.45, 2.75) is 32.2 Å². The molecule has 0 saturated heterocycles. The number of aromatic nitrogens is 3. The molecule has 100 valence electrons. The van der Waals surface area contributed by atoms with Crippen LogP contribution in [0.25, 0.3) is 0 Å². The van der Waals surface area contributed by atoms with Crippen LogP contribution in [0.15, 0.2) is 0 Å². The molecule has 1 aliphatic carbocycles. The van der Waals surface area contributed by atoms with Crippen molar-refractivity contribution < 1.29 is 9.84 Å². The topological polar surface area (TPSA) is 71.4 Å². The van der Waals surface area contributed by atoms with E-state index in [0.29, 0.717) is 25.1 Å². The predicted octanol–water partition coefficient (Wildman–Crippen LogP) is 1.27. The predicted molar refractivity (Wildman–Crippen MR) is 68.1 cm³/mol. The molecule has 0 spiro atoms. The first kappa shape index (κ1) is 13.3. The minimum Gasteiger partial charge on any atom is -0.463 e. The number of rotatable bonds is 7. The maximum absolute atomic E-state index is 9.08. The van der Waals surface area contributed by atoms with Crippen LogP contribution in [0.1, 0.15) is 26.2 Å². The molecule has 0 atom stereocenters. The molecule has 1 fully saturated rings. The summed E-state index contributed by atoms with van der Waals surface area (Å²) in [6.45, 7) is 3.11. The van der Waals surface area contributed by atoms with Crippen LogP contribution < -0.4 is 9.64 Å². The number of hydrogen-bond donors (Lipinski definition) is 1. The third kappa shape index (κ3) is 3.43. The normalized spacial score (nSPS) is 14.6. The minimum atomic E-state index is 0.0605. The first-order chi connectivity index (χ1) is 8.74. The van der Waals surface area contributed by atoms with Crippen molar-refractivity contribution in [1.29, 1.82) is 0 Å². The average molecular weight is 273 g/mol. The van der Waals surface area contributed by atoms with Gasteiger partial charge in [0.05, 0.1) is 13.2 Å². The summed E-state index contributed by atoms with van der Waals surface area (Å²) in [7, 11) is 0. The van der Waals surface area contributed by atoms with E-state index in [4.69, 9.17) is 21.4 Å². The molecule has 7 heteroatoms. The lowest BCUT2D eigenvalue weighted by atomic mass is 10.5. The molecule has 1 saturated carbocycles. The molecular formula is C11H17ClN4O2. The third-order valence-electron chi connectivity index (χ3n) is 2.60. The number of halogens is 1. The first-order valence-corrected chi connectivity index (χ1v) is 6.54. The van der Waals surface area contributed by atoms with Crippen LogP contribution in [-0.2, 0) is 0 Å². The van der Waals surface area contributed by atoms with Crippen molar-refractivity contribution in [3.63, 3.8) is 0 Å². The third-order valence-corrected chi connectivity index (χ3v) is 2.77. The van der Waals surface area contributed by atoms with Crippen LogP contribution in [0.5, 0.6) is 6.01 Å². The summed E-state index contributed by atoms with van der Waals surface area (Å²) in [5.41, 5.74) is 0. The summed E-state index contributed by atoms with van der Waals surface area (Å²) in [4.78, 5) is 14.2. The van der Waals surface area contributed by atoms with E-state index in [1.54, 1.807) is 0 Å². The molecule has 0 aromatic carbocycles. The quantitative estimate of drug-likeness (QED) is 0.806. The Morgan fingerprint density at radius 1 is 1.39 bits per heavy atom. The molecule has 0 radical (unpaired) electrons. The highest BCUT2D eigenvalue weighted by molar-refractivity contribution is 6.28. The highest BCUT2D eigenvalue weighted by Gasteiger charge is 2.31. The van der Waals surface area contributed by atoms with Crippen LogP contribution in [0.2, 0.25) is 5.28 Å². The zero-order valence-electron chi connectivity index (χ0n) is 10.3. The van der Waals surface area contributed by atoms with Crippen LogP contribution in [0.4, 0.5) is 5.95 Å². The molecule has 1 aromatic heterocycles. The van der Waals surface area contributed by atoms with Gasteiger partial charge in [-0.25, -0.2) is 0 Å². The molecule has 1 N–H and O–H groups in total.